The Morgan fingerprint density at radius 1 is 1.08 bits per heavy atom. The number of furan rings is 1. The highest BCUT2D eigenvalue weighted by molar-refractivity contribution is 5.87. The number of unbranched alkanes of at least 4 members (excludes halogenated alkanes) is 1. The first-order valence-electron chi connectivity index (χ1n) is 13.6. The van der Waals surface area contributed by atoms with Crippen LogP contribution in [0.4, 0.5) is 11.8 Å². The number of anilines is 2. The van der Waals surface area contributed by atoms with E-state index in [1.807, 2.05) is 33.0 Å². The number of benzene rings is 1. The van der Waals surface area contributed by atoms with Crippen LogP contribution in [0.15, 0.2) is 53.5 Å². The average Bonchev–Trinajstić information content (AvgIpc) is 3.40. The number of hydrogen-bond donors (Lipinski definition) is 2. The fourth-order valence-corrected chi connectivity index (χ4v) is 3.70. The van der Waals surface area contributed by atoms with Crippen molar-refractivity contribution in [3.05, 3.63) is 60.4 Å². The molecule has 1 unspecified atom stereocenters. The molecule has 1 fully saturated rings. The predicted molar refractivity (Wildman–Crippen MR) is 158 cm³/mol. The highest BCUT2D eigenvalue weighted by atomic mass is 16.5. The summed E-state index contributed by atoms with van der Waals surface area (Å²) in [6.07, 6.45) is 7.30. The summed E-state index contributed by atoms with van der Waals surface area (Å²) < 4.78 is 11.5. The Hall–Kier alpha value is -3.16. The Kier molecular flexibility index (Phi) is 13.5. The van der Waals surface area contributed by atoms with Crippen LogP contribution in [0.5, 0.6) is 0 Å². The van der Waals surface area contributed by atoms with Crippen LogP contribution in [0, 0.1) is 0 Å². The number of hydrogen-bond acceptors (Lipinski definition) is 7. The Bertz CT molecular complexity index is 1090. The SMILES string of the molecule is C=Cc1cc2nc(NC(/C=C(\CC)c3ccccc3)NC)nc(N3CCOCC3)c2o1.CC.CCCC. The number of rotatable bonds is 9. The number of nitrogens with zero attached hydrogens (tertiary/aromatic N) is 3. The zero-order valence-corrected chi connectivity index (χ0v) is 23.5. The number of allylic oxidation sites excluding steroid dienone is 1. The van der Waals surface area contributed by atoms with Gasteiger partial charge in [-0.25, -0.2) is 4.98 Å². The summed E-state index contributed by atoms with van der Waals surface area (Å²) in [4.78, 5) is 11.7. The van der Waals surface area contributed by atoms with Crippen LogP contribution < -0.4 is 15.5 Å². The first-order valence-corrected chi connectivity index (χ1v) is 13.6. The summed E-state index contributed by atoms with van der Waals surface area (Å²) in [5.74, 6) is 2.00. The molecule has 0 spiro atoms. The van der Waals surface area contributed by atoms with Gasteiger partial charge in [-0.15, -0.1) is 0 Å². The molecule has 202 valence electrons. The highest BCUT2D eigenvalue weighted by Gasteiger charge is 2.21. The van der Waals surface area contributed by atoms with E-state index in [0.29, 0.717) is 30.5 Å². The van der Waals surface area contributed by atoms with E-state index in [9.17, 15) is 0 Å². The quantitative estimate of drug-likeness (QED) is 0.302. The van der Waals surface area contributed by atoms with Crippen LogP contribution in [-0.2, 0) is 4.74 Å². The molecule has 0 amide bonds. The molecule has 2 N–H and O–H groups in total. The second-order valence-electron chi connectivity index (χ2n) is 8.36. The van der Waals surface area contributed by atoms with E-state index in [-0.39, 0.29) is 6.17 Å². The molecule has 2 aromatic heterocycles. The number of fused-ring (bicyclic) bond motifs is 1. The van der Waals surface area contributed by atoms with Gasteiger partial charge >= 0.3 is 0 Å². The molecule has 1 atom stereocenters. The summed E-state index contributed by atoms with van der Waals surface area (Å²) in [6, 6.07) is 12.3. The molecule has 3 heterocycles. The van der Waals surface area contributed by atoms with E-state index in [4.69, 9.17) is 19.1 Å². The van der Waals surface area contributed by atoms with Crippen molar-refractivity contribution < 1.29 is 9.15 Å². The zero-order chi connectivity index (χ0) is 27.0. The maximum atomic E-state index is 5.95. The van der Waals surface area contributed by atoms with Crippen molar-refractivity contribution in [2.75, 3.05) is 43.6 Å². The van der Waals surface area contributed by atoms with Crippen molar-refractivity contribution in [3.63, 3.8) is 0 Å². The van der Waals surface area contributed by atoms with Crippen molar-refractivity contribution in [2.45, 2.75) is 60.0 Å². The van der Waals surface area contributed by atoms with Gasteiger partial charge in [0.25, 0.3) is 0 Å². The van der Waals surface area contributed by atoms with Crippen LogP contribution in [0.2, 0.25) is 0 Å². The zero-order valence-electron chi connectivity index (χ0n) is 23.5. The van der Waals surface area contributed by atoms with Crippen molar-refractivity contribution >= 4 is 34.5 Å². The van der Waals surface area contributed by atoms with Crippen molar-refractivity contribution in [1.82, 2.24) is 15.3 Å². The second kappa shape index (κ2) is 16.6. The summed E-state index contributed by atoms with van der Waals surface area (Å²) in [7, 11) is 1.92. The molecule has 7 nitrogen and oxygen atoms in total. The summed E-state index contributed by atoms with van der Waals surface area (Å²) in [5, 5.41) is 6.73. The topological polar surface area (TPSA) is 75.5 Å². The lowest BCUT2D eigenvalue weighted by Crippen LogP contribution is -2.37. The maximum absolute atomic E-state index is 5.95. The summed E-state index contributed by atoms with van der Waals surface area (Å²) >= 11 is 0. The minimum absolute atomic E-state index is 0.129. The molecule has 37 heavy (non-hydrogen) atoms. The number of morpholine rings is 1. The first-order chi connectivity index (χ1) is 18.1. The van der Waals surface area contributed by atoms with Gasteiger partial charge in [-0.3, -0.25) is 5.32 Å². The number of nitrogens with one attached hydrogen (secondary N) is 2. The fraction of sp³-hybridized carbons (Fsp3) is 0.467. The Labute approximate surface area is 223 Å². The average molecular weight is 508 g/mol. The van der Waals surface area contributed by atoms with Crippen molar-refractivity contribution in [1.29, 1.82) is 0 Å². The van der Waals surface area contributed by atoms with E-state index in [1.165, 1.54) is 24.0 Å². The van der Waals surface area contributed by atoms with E-state index < -0.39 is 0 Å². The van der Waals surface area contributed by atoms with Gasteiger partial charge in [0.1, 0.15) is 11.3 Å². The lowest BCUT2D eigenvalue weighted by Gasteiger charge is -2.28. The van der Waals surface area contributed by atoms with Crippen LogP contribution in [-0.4, -0.2) is 49.5 Å². The molecule has 0 saturated carbocycles. The van der Waals surface area contributed by atoms with Crippen LogP contribution >= 0.6 is 0 Å². The molecule has 1 saturated heterocycles. The monoisotopic (exact) mass is 507 g/mol. The molecule has 1 aliphatic heterocycles. The molecule has 0 radical (unpaired) electrons. The summed E-state index contributed by atoms with van der Waals surface area (Å²) in [6.45, 7) is 17.2. The lowest BCUT2D eigenvalue weighted by atomic mass is 10.0. The van der Waals surface area contributed by atoms with Crippen molar-refractivity contribution in [3.8, 4) is 0 Å². The fourth-order valence-electron chi connectivity index (χ4n) is 3.70. The largest absolute Gasteiger partial charge is 0.451 e. The highest BCUT2D eigenvalue weighted by Crippen LogP contribution is 2.29. The van der Waals surface area contributed by atoms with Gasteiger partial charge in [0, 0.05) is 19.2 Å². The molecule has 1 aromatic carbocycles. The molecule has 0 aliphatic carbocycles. The Balaban J connectivity index is 0.000000733. The van der Waals surface area contributed by atoms with E-state index >= 15 is 0 Å². The summed E-state index contributed by atoms with van der Waals surface area (Å²) in [5.41, 5.74) is 3.89. The molecule has 0 bridgehead atoms. The van der Waals surface area contributed by atoms with Crippen molar-refractivity contribution in [2.24, 2.45) is 0 Å². The normalized spacial score (nSPS) is 14.2. The molecule has 4 rings (SSSR count). The Morgan fingerprint density at radius 3 is 2.32 bits per heavy atom. The minimum Gasteiger partial charge on any atom is -0.451 e. The van der Waals surface area contributed by atoms with Gasteiger partial charge in [-0.05, 0) is 36.8 Å². The second-order valence-corrected chi connectivity index (χ2v) is 8.36. The maximum Gasteiger partial charge on any atom is 0.226 e. The number of ether oxygens (including phenoxy) is 1. The molecular weight excluding hydrogens is 462 g/mol. The van der Waals surface area contributed by atoms with E-state index in [1.54, 1.807) is 6.08 Å². The molecular formula is C30H45N5O2. The predicted octanol–water partition coefficient (Wildman–Crippen LogP) is 6.99. The van der Waals surface area contributed by atoms with Crippen LogP contribution in [0.3, 0.4) is 0 Å². The van der Waals surface area contributed by atoms with Gasteiger partial charge in [-0.2, -0.15) is 4.98 Å². The third-order valence-electron chi connectivity index (χ3n) is 5.87. The van der Waals surface area contributed by atoms with E-state index in [2.05, 4.69) is 73.2 Å². The first kappa shape index (κ1) is 30.1. The van der Waals surface area contributed by atoms with Gasteiger partial charge in [-0.1, -0.05) is 84.4 Å². The van der Waals surface area contributed by atoms with Gasteiger partial charge < -0.3 is 19.4 Å². The van der Waals surface area contributed by atoms with Gasteiger partial charge in [0.05, 0.1) is 19.4 Å². The lowest BCUT2D eigenvalue weighted by molar-refractivity contribution is 0.122. The third kappa shape index (κ3) is 8.72. The third-order valence-corrected chi connectivity index (χ3v) is 5.87. The number of aromatic nitrogens is 2. The van der Waals surface area contributed by atoms with Gasteiger partial charge in [0.15, 0.2) is 11.4 Å². The number of likely N-dealkylation sites (N-methyl/N-ethyl adjacent to an activating group) is 1. The van der Waals surface area contributed by atoms with Gasteiger partial charge in [0.2, 0.25) is 5.95 Å². The van der Waals surface area contributed by atoms with E-state index in [0.717, 1.165) is 30.8 Å². The Morgan fingerprint density at radius 2 is 1.76 bits per heavy atom. The molecule has 7 heteroatoms. The van der Waals surface area contributed by atoms with Crippen LogP contribution in [0.1, 0.15) is 65.2 Å². The minimum atomic E-state index is -0.129. The molecule has 3 aromatic rings. The standard InChI is InChI=1S/C24H29N5O2.C4H10.C2H6/c1-4-17(18-9-7-6-8-10-18)15-21(25-3)27-24-26-20-16-19(5-2)31-22(20)23(28-24)29-11-13-30-14-12-29;1-3-4-2;1-2/h5-10,15-16,21,25H,2,4,11-14H2,1,3H3,(H,26,27,28);3-4H2,1-2H3;1-2H3/b17-15+;;. The van der Waals surface area contributed by atoms with Crippen LogP contribution in [0.25, 0.3) is 22.7 Å². The smallest absolute Gasteiger partial charge is 0.226 e. The molecule has 1 aliphatic rings.